The van der Waals surface area contributed by atoms with Crippen LogP contribution in [0.2, 0.25) is 0 Å². The first-order valence-corrected chi connectivity index (χ1v) is 12.9. The van der Waals surface area contributed by atoms with E-state index in [9.17, 15) is 27.9 Å². The summed E-state index contributed by atoms with van der Waals surface area (Å²) < 4.78 is 46.2. The fraction of sp³-hybridized carbons (Fsp3) is 0.250. The molecule has 2 aromatic heterocycles. The van der Waals surface area contributed by atoms with Crippen LogP contribution < -0.4 is 5.56 Å². The van der Waals surface area contributed by atoms with Gasteiger partial charge in [0.25, 0.3) is 5.56 Å². The van der Waals surface area contributed by atoms with Crippen LogP contribution in [-0.4, -0.2) is 28.5 Å². The van der Waals surface area contributed by atoms with Crippen LogP contribution in [-0.2, 0) is 23.8 Å². The maximum absolute atomic E-state index is 13.4. The third-order valence-corrected chi connectivity index (χ3v) is 7.68. The molecule has 0 saturated carbocycles. The van der Waals surface area contributed by atoms with E-state index in [0.717, 1.165) is 52.8 Å². The molecule has 196 valence electrons. The van der Waals surface area contributed by atoms with Gasteiger partial charge in [0.15, 0.2) is 0 Å². The summed E-state index contributed by atoms with van der Waals surface area (Å²) in [6.07, 6.45) is 0.249. The van der Waals surface area contributed by atoms with Crippen molar-refractivity contribution in [2.45, 2.75) is 38.8 Å². The molecule has 10 heteroatoms. The summed E-state index contributed by atoms with van der Waals surface area (Å²) in [6.45, 7) is 1.93. The molecule has 0 saturated heterocycles. The van der Waals surface area contributed by atoms with Gasteiger partial charge in [0, 0.05) is 21.9 Å². The van der Waals surface area contributed by atoms with Crippen molar-refractivity contribution in [3.05, 3.63) is 86.0 Å². The van der Waals surface area contributed by atoms with Crippen LogP contribution in [0.25, 0.3) is 16.5 Å². The van der Waals surface area contributed by atoms with E-state index in [2.05, 4.69) is 4.99 Å². The molecule has 0 unspecified atom stereocenters. The standard InChI is InChI=1S/C28H23F3N2O4S/c1-2-37-27(36)23-20-12-5-6-13-22(20)38-24(23)32-15-21-18-10-3-4-11-19(18)25(34)33(26(21)35)17-9-7-8-16(14-17)28(29,30)31/h3-4,7-11,14-15,35H,2,5-6,12-13H2,1H3/b32-15+. The average molecular weight is 541 g/mol. The van der Waals surface area contributed by atoms with Crippen LogP contribution in [0.15, 0.2) is 58.3 Å². The number of halogens is 3. The number of benzene rings is 2. The number of pyridine rings is 1. The van der Waals surface area contributed by atoms with Gasteiger partial charge < -0.3 is 9.84 Å². The Balaban J connectivity index is 1.70. The zero-order chi connectivity index (χ0) is 27.0. The molecule has 0 radical (unpaired) electrons. The van der Waals surface area contributed by atoms with Gasteiger partial charge in [-0.15, -0.1) is 11.3 Å². The average Bonchev–Trinajstić information content (AvgIpc) is 3.27. The van der Waals surface area contributed by atoms with Gasteiger partial charge in [-0.25, -0.2) is 14.4 Å². The number of ether oxygens (including phenoxy) is 1. The molecule has 5 rings (SSSR count). The van der Waals surface area contributed by atoms with Crippen LogP contribution >= 0.6 is 11.3 Å². The summed E-state index contributed by atoms with van der Waals surface area (Å²) in [5.74, 6) is -1.03. The Morgan fingerprint density at radius 2 is 1.87 bits per heavy atom. The Morgan fingerprint density at radius 3 is 2.61 bits per heavy atom. The van der Waals surface area contributed by atoms with Crippen LogP contribution in [0, 0.1) is 0 Å². The predicted octanol–water partition coefficient (Wildman–Crippen LogP) is 6.58. The van der Waals surface area contributed by atoms with E-state index in [4.69, 9.17) is 4.74 Å². The molecule has 0 aliphatic heterocycles. The Labute approximate surface area is 219 Å². The third-order valence-electron chi connectivity index (χ3n) is 6.48. The molecule has 1 N–H and O–H groups in total. The number of nitrogens with zero attached hydrogens (tertiary/aromatic N) is 2. The number of fused-ring (bicyclic) bond motifs is 2. The van der Waals surface area contributed by atoms with Gasteiger partial charge in [-0.3, -0.25) is 4.79 Å². The Morgan fingerprint density at radius 1 is 1.13 bits per heavy atom. The number of hydrogen-bond acceptors (Lipinski definition) is 6. The van der Waals surface area contributed by atoms with Crippen molar-refractivity contribution < 1.29 is 27.8 Å². The van der Waals surface area contributed by atoms with Gasteiger partial charge in [-0.2, -0.15) is 13.2 Å². The van der Waals surface area contributed by atoms with Crippen LogP contribution in [0.4, 0.5) is 18.2 Å². The summed E-state index contributed by atoms with van der Waals surface area (Å²) in [6, 6.07) is 10.7. The first kappa shape index (κ1) is 25.7. The van der Waals surface area contributed by atoms with E-state index >= 15 is 0 Å². The van der Waals surface area contributed by atoms with Gasteiger partial charge in [0.1, 0.15) is 5.00 Å². The largest absolute Gasteiger partial charge is 0.494 e. The van der Waals surface area contributed by atoms with E-state index in [1.807, 2.05) is 0 Å². The quantitative estimate of drug-likeness (QED) is 0.229. The maximum atomic E-state index is 13.4. The third kappa shape index (κ3) is 4.60. The number of hydrogen-bond donors (Lipinski definition) is 1. The first-order valence-electron chi connectivity index (χ1n) is 12.1. The molecule has 0 spiro atoms. The van der Waals surface area contributed by atoms with Gasteiger partial charge in [0.05, 0.1) is 29.0 Å². The van der Waals surface area contributed by atoms with Gasteiger partial charge in [0.2, 0.25) is 5.88 Å². The molecule has 0 amide bonds. The SMILES string of the molecule is CCOC(=O)c1c(/N=C/c2c(O)n(-c3cccc(C(F)(F)F)c3)c(=O)c3ccccc23)sc2c1CCCC2. The lowest BCUT2D eigenvalue weighted by Gasteiger charge is -2.15. The zero-order valence-corrected chi connectivity index (χ0v) is 21.2. The van der Waals surface area contributed by atoms with E-state index < -0.39 is 29.1 Å². The number of esters is 1. The van der Waals surface area contributed by atoms with Gasteiger partial charge in [-0.05, 0) is 62.4 Å². The highest BCUT2D eigenvalue weighted by molar-refractivity contribution is 7.16. The van der Waals surface area contributed by atoms with Crippen molar-refractivity contribution in [2.24, 2.45) is 4.99 Å². The van der Waals surface area contributed by atoms with E-state index in [1.54, 1.807) is 25.1 Å². The van der Waals surface area contributed by atoms with Crippen LogP contribution in [0.1, 0.15) is 51.7 Å². The molecule has 2 aromatic carbocycles. The highest BCUT2D eigenvalue weighted by Crippen LogP contribution is 2.41. The molecule has 0 fully saturated rings. The molecular weight excluding hydrogens is 517 g/mol. The Hall–Kier alpha value is -3.92. The van der Waals surface area contributed by atoms with Crippen molar-refractivity contribution >= 4 is 39.3 Å². The van der Waals surface area contributed by atoms with Crippen molar-refractivity contribution in [3.8, 4) is 11.6 Å². The number of aryl methyl sites for hydroxylation is 1. The Kier molecular flexibility index (Phi) is 6.83. The monoisotopic (exact) mass is 540 g/mol. The van der Waals surface area contributed by atoms with E-state index in [-0.39, 0.29) is 23.2 Å². The van der Waals surface area contributed by atoms with Crippen molar-refractivity contribution in [2.75, 3.05) is 6.61 Å². The Bertz CT molecular complexity index is 1640. The number of aromatic nitrogens is 1. The van der Waals surface area contributed by atoms with Crippen molar-refractivity contribution in [3.63, 3.8) is 0 Å². The lowest BCUT2D eigenvalue weighted by atomic mass is 9.95. The fourth-order valence-electron chi connectivity index (χ4n) is 4.73. The molecule has 38 heavy (non-hydrogen) atoms. The van der Waals surface area contributed by atoms with Gasteiger partial charge in [-0.1, -0.05) is 24.3 Å². The predicted molar refractivity (Wildman–Crippen MR) is 140 cm³/mol. The topological polar surface area (TPSA) is 80.9 Å². The van der Waals surface area contributed by atoms with Crippen molar-refractivity contribution in [1.82, 2.24) is 4.57 Å². The minimum absolute atomic E-state index is 0.137. The molecule has 1 aliphatic rings. The highest BCUT2D eigenvalue weighted by Gasteiger charge is 2.31. The number of alkyl halides is 3. The lowest BCUT2D eigenvalue weighted by Crippen LogP contribution is -2.20. The summed E-state index contributed by atoms with van der Waals surface area (Å²) in [7, 11) is 0. The second-order valence-electron chi connectivity index (χ2n) is 8.84. The maximum Gasteiger partial charge on any atom is 0.416 e. The molecule has 0 bridgehead atoms. The molecule has 6 nitrogen and oxygen atoms in total. The van der Waals surface area contributed by atoms with Crippen LogP contribution in [0.5, 0.6) is 5.88 Å². The normalized spacial score (nSPS) is 13.7. The number of aromatic hydroxyl groups is 1. The summed E-state index contributed by atoms with van der Waals surface area (Å²) in [5.41, 5.74) is -0.297. The molecular formula is C28H23F3N2O4S. The smallest absolute Gasteiger partial charge is 0.416 e. The number of rotatable bonds is 5. The minimum atomic E-state index is -4.63. The van der Waals surface area contributed by atoms with E-state index in [1.165, 1.54) is 35.8 Å². The van der Waals surface area contributed by atoms with E-state index in [0.29, 0.717) is 16.0 Å². The number of aliphatic imine (C=N–C) groups is 1. The molecule has 2 heterocycles. The molecule has 1 aliphatic carbocycles. The second kappa shape index (κ2) is 10.1. The zero-order valence-electron chi connectivity index (χ0n) is 20.3. The van der Waals surface area contributed by atoms with Gasteiger partial charge >= 0.3 is 12.1 Å². The minimum Gasteiger partial charge on any atom is -0.494 e. The second-order valence-corrected chi connectivity index (χ2v) is 9.92. The highest BCUT2D eigenvalue weighted by atomic mass is 32.1. The molecule has 4 aromatic rings. The number of carbonyl (C=O) groups is 1. The number of carbonyl (C=O) groups excluding carboxylic acids is 1. The molecule has 0 atom stereocenters. The lowest BCUT2D eigenvalue weighted by molar-refractivity contribution is -0.137. The summed E-state index contributed by atoms with van der Waals surface area (Å²) in [5, 5.41) is 12.2. The van der Waals surface area contributed by atoms with Crippen molar-refractivity contribution in [1.29, 1.82) is 0 Å². The number of thiophene rings is 1. The summed E-state index contributed by atoms with van der Waals surface area (Å²) >= 11 is 1.38. The van der Waals surface area contributed by atoms with Crippen LogP contribution in [0.3, 0.4) is 0 Å². The summed E-state index contributed by atoms with van der Waals surface area (Å²) in [4.78, 5) is 31.7. The first-order chi connectivity index (χ1) is 18.2. The fourth-order valence-corrected chi connectivity index (χ4v) is 5.95.